The number of hydrogen-bond donors (Lipinski definition) is 1. The lowest BCUT2D eigenvalue weighted by atomic mass is 10.1. The van der Waals surface area contributed by atoms with Crippen LogP contribution in [0.25, 0.3) is 6.08 Å². The zero-order chi connectivity index (χ0) is 16.1. The SMILES string of the molecule is COc1ccc(C)cc1/C=C/C(=O)Nc1ccc(C)c(F)c1. The smallest absolute Gasteiger partial charge is 0.248 e. The van der Waals surface area contributed by atoms with Gasteiger partial charge in [-0.1, -0.05) is 17.7 Å². The minimum Gasteiger partial charge on any atom is -0.496 e. The molecule has 2 rings (SSSR count). The van der Waals surface area contributed by atoms with Crippen molar-refractivity contribution < 1.29 is 13.9 Å². The third kappa shape index (κ3) is 3.95. The molecule has 0 heterocycles. The largest absolute Gasteiger partial charge is 0.496 e. The number of benzene rings is 2. The first-order valence-electron chi connectivity index (χ1n) is 6.89. The van der Waals surface area contributed by atoms with Crippen LogP contribution < -0.4 is 10.1 Å². The van der Waals surface area contributed by atoms with E-state index in [9.17, 15) is 9.18 Å². The lowest BCUT2D eigenvalue weighted by molar-refractivity contribution is -0.111. The molecule has 0 saturated heterocycles. The van der Waals surface area contributed by atoms with Crippen molar-refractivity contribution in [2.24, 2.45) is 0 Å². The van der Waals surface area contributed by atoms with Crippen LogP contribution in [0.2, 0.25) is 0 Å². The van der Waals surface area contributed by atoms with Crippen LogP contribution >= 0.6 is 0 Å². The van der Waals surface area contributed by atoms with Gasteiger partial charge in [0, 0.05) is 17.3 Å². The third-order valence-corrected chi connectivity index (χ3v) is 3.24. The van der Waals surface area contributed by atoms with E-state index in [2.05, 4.69) is 5.32 Å². The minimum absolute atomic E-state index is 0.327. The van der Waals surface area contributed by atoms with Crippen molar-refractivity contribution in [2.75, 3.05) is 12.4 Å². The van der Waals surface area contributed by atoms with Crippen LogP contribution in [-0.2, 0) is 4.79 Å². The Morgan fingerprint density at radius 3 is 2.64 bits per heavy atom. The van der Waals surface area contributed by atoms with Crippen LogP contribution in [0.4, 0.5) is 10.1 Å². The predicted molar refractivity (Wildman–Crippen MR) is 86.5 cm³/mol. The Hall–Kier alpha value is -2.62. The average molecular weight is 299 g/mol. The summed E-state index contributed by atoms with van der Waals surface area (Å²) in [5, 5.41) is 2.63. The van der Waals surface area contributed by atoms with Gasteiger partial charge in [0.1, 0.15) is 11.6 Å². The fourth-order valence-corrected chi connectivity index (χ4v) is 2.00. The van der Waals surface area contributed by atoms with Gasteiger partial charge in [-0.05, 0) is 49.8 Å². The van der Waals surface area contributed by atoms with E-state index in [1.54, 1.807) is 32.2 Å². The molecule has 0 radical (unpaired) electrons. The molecule has 22 heavy (non-hydrogen) atoms. The molecule has 0 aliphatic heterocycles. The molecule has 3 nitrogen and oxygen atoms in total. The molecule has 0 aliphatic rings. The van der Waals surface area contributed by atoms with Gasteiger partial charge in [0.05, 0.1) is 7.11 Å². The molecule has 0 unspecified atom stereocenters. The third-order valence-electron chi connectivity index (χ3n) is 3.24. The second kappa shape index (κ2) is 6.89. The Kier molecular flexibility index (Phi) is 4.94. The van der Waals surface area contributed by atoms with E-state index in [1.165, 1.54) is 12.1 Å². The number of anilines is 1. The Balaban J connectivity index is 2.11. The van der Waals surface area contributed by atoms with Crippen molar-refractivity contribution >= 4 is 17.7 Å². The molecule has 0 atom stereocenters. The van der Waals surface area contributed by atoms with Gasteiger partial charge in [-0.2, -0.15) is 0 Å². The van der Waals surface area contributed by atoms with Gasteiger partial charge in [-0.3, -0.25) is 4.79 Å². The van der Waals surface area contributed by atoms with E-state index >= 15 is 0 Å². The van der Waals surface area contributed by atoms with E-state index in [0.717, 1.165) is 11.1 Å². The Labute approximate surface area is 129 Å². The molecule has 1 N–H and O–H groups in total. The Bertz CT molecular complexity index is 723. The van der Waals surface area contributed by atoms with Gasteiger partial charge in [0.25, 0.3) is 0 Å². The van der Waals surface area contributed by atoms with Crippen molar-refractivity contribution in [3.63, 3.8) is 0 Å². The summed E-state index contributed by atoms with van der Waals surface area (Å²) < 4.78 is 18.7. The monoisotopic (exact) mass is 299 g/mol. The number of carbonyl (C=O) groups is 1. The van der Waals surface area contributed by atoms with Crippen molar-refractivity contribution in [3.8, 4) is 5.75 Å². The fraction of sp³-hybridized carbons (Fsp3) is 0.167. The van der Waals surface area contributed by atoms with Crippen LogP contribution in [-0.4, -0.2) is 13.0 Å². The maximum atomic E-state index is 13.4. The Morgan fingerprint density at radius 2 is 1.95 bits per heavy atom. The Morgan fingerprint density at radius 1 is 1.18 bits per heavy atom. The van der Waals surface area contributed by atoms with Gasteiger partial charge in [-0.25, -0.2) is 4.39 Å². The summed E-state index contributed by atoms with van der Waals surface area (Å²) in [5.41, 5.74) is 2.85. The topological polar surface area (TPSA) is 38.3 Å². The molecule has 0 aliphatic carbocycles. The molecular formula is C18H18FNO2. The van der Waals surface area contributed by atoms with Crippen LogP contribution in [0.15, 0.2) is 42.5 Å². The first kappa shape index (κ1) is 15.8. The molecule has 0 fully saturated rings. The lowest BCUT2D eigenvalue weighted by Gasteiger charge is -2.06. The van der Waals surface area contributed by atoms with Crippen molar-refractivity contribution in [3.05, 3.63) is 65.0 Å². The van der Waals surface area contributed by atoms with Crippen molar-refractivity contribution in [1.29, 1.82) is 0 Å². The second-order valence-electron chi connectivity index (χ2n) is 5.03. The minimum atomic E-state index is -0.345. The average Bonchev–Trinajstić information content (AvgIpc) is 2.49. The van der Waals surface area contributed by atoms with Gasteiger partial charge in [-0.15, -0.1) is 0 Å². The molecule has 2 aromatic rings. The number of halogens is 1. The van der Waals surface area contributed by atoms with Crippen molar-refractivity contribution in [1.82, 2.24) is 0 Å². The number of hydrogen-bond acceptors (Lipinski definition) is 2. The van der Waals surface area contributed by atoms with E-state index in [-0.39, 0.29) is 11.7 Å². The summed E-state index contributed by atoms with van der Waals surface area (Å²) in [5.74, 6) is 0.0185. The summed E-state index contributed by atoms with van der Waals surface area (Å²) in [7, 11) is 1.58. The second-order valence-corrected chi connectivity index (χ2v) is 5.03. The first-order chi connectivity index (χ1) is 10.5. The highest BCUT2D eigenvalue weighted by atomic mass is 19.1. The maximum absolute atomic E-state index is 13.4. The quantitative estimate of drug-likeness (QED) is 0.863. The highest BCUT2D eigenvalue weighted by molar-refractivity contribution is 6.02. The van der Waals surface area contributed by atoms with Crippen LogP contribution in [0.1, 0.15) is 16.7 Å². The number of aryl methyl sites for hydroxylation is 2. The number of nitrogens with one attached hydrogen (secondary N) is 1. The molecule has 0 aromatic heterocycles. The zero-order valence-electron chi connectivity index (χ0n) is 12.8. The fourth-order valence-electron chi connectivity index (χ4n) is 2.00. The van der Waals surface area contributed by atoms with E-state index < -0.39 is 0 Å². The summed E-state index contributed by atoms with van der Waals surface area (Å²) in [6.07, 6.45) is 3.07. The van der Waals surface area contributed by atoms with Crippen LogP contribution in [0.5, 0.6) is 5.75 Å². The maximum Gasteiger partial charge on any atom is 0.248 e. The molecule has 114 valence electrons. The number of amides is 1. The highest BCUT2D eigenvalue weighted by Gasteiger charge is 2.03. The van der Waals surface area contributed by atoms with Gasteiger partial charge < -0.3 is 10.1 Å². The summed E-state index contributed by atoms with van der Waals surface area (Å²) in [6, 6.07) is 10.3. The van der Waals surface area contributed by atoms with E-state index in [4.69, 9.17) is 4.74 Å². The first-order valence-corrected chi connectivity index (χ1v) is 6.89. The van der Waals surface area contributed by atoms with Gasteiger partial charge in [0.2, 0.25) is 5.91 Å². The van der Waals surface area contributed by atoms with Gasteiger partial charge >= 0.3 is 0 Å². The number of carbonyl (C=O) groups excluding carboxylic acids is 1. The molecule has 1 amide bonds. The molecule has 0 spiro atoms. The predicted octanol–water partition coefficient (Wildman–Crippen LogP) is 4.10. The van der Waals surface area contributed by atoms with E-state index in [0.29, 0.717) is 17.0 Å². The van der Waals surface area contributed by atoms with Gasteiger partial charge in [0.15, 0.2) is 0 Å². The van der Waals surface area contributed by atoms with Crippen LogP contribution in [0.3, 0.4) is 0 Å². The molecule has 0 bridgehead atoms. The normalized spacial score (nSPS) is 10.7. The lowest BCUT2D eigenvalue weighted by Crippen LogP contribution is -2.08. The number of rotatable bonds is 4. The molecular weight excluding hydrogens is 281 g/mol. The summed E-state index contributed by atoms with van der Waals surface area (Å²) in [4.78, 5) is 11.9. The summed E-state index contributed by atoms with van der Waals surface area (Å²) >= 11 is 0. The highest BCUT2D eigenvalue weighted by Crippen LogP contribution is 2.21. The van der Waals surface area contributed by atoms with Crippen LogP contribution in [0, 0.1) is 19.7 Å². The molecule has 2 aromatic carbocycles. The molecule has 4 heteroatoms. The van der Waals surface area contributed by atoms with E-state index in [1.807, 2.05) is 25.1 Å². The number of methoxy groups -OCH3 is 1. The summed E-state index contributed by atoms with van der Waals surface area (Å²) in [6.45, 7) is 3.64. The number of ether oxygens (including phenoxy) is 1. The van der Waals surface area contributed by atoms with Crippen molar-refractivity contribution in [2.45, 2.75) is 13.8 Å². The standard InChI is InChI=1S/C18H18FNO2/c1-12-4-8-17(22-3)14(10-12)6-9-18(21)20-15-7-5-13(2)16(19)11-15/h4-11H,1-3H3,(H,20,21)/b9-6+. The zero-order valence-corrected chi connectivity index (χ0v) is 12.8. The molecule has 0 saturated carbocycles.